The molecule has 134 valence electrons. The fourth-order valence-electron chi connectivity index (χ4n) is 2.44. The van der Waals surface area contributed by atoms with Gasteiger partial charge in [-0.1, -0.05) is 42.5 Å². The first-order valence-corrected chi connectivity index (χ1v) is 8.60. The van der Waals surface area contributed by atoms with E-state index in [9.17, 15) is 18.0 Å². The van der Waals surface area contributed by atoms with Crippen LogP contribution in [-0.2, 0) is 6.18 Å². The summed E-state index contributed by atoms with van der Waals surface area (Å²) in [6.45, 7) is 3.67. The van der Waals surface area contributed by atoms with Gasteiger partial charge in [0.1, 0.15) is 9.88 Å². The van der Waals surface area contributed by atoms with Crippen molar-refractivity contribution < 1.29 is 18.0 Å². The van der Waals surface area contributed by atoms with Gasteiger partial charge in [-0.3, -0.25) is 4.79 Å². The molecular formula is C19H15F3N2OS. The molecule has 1 heterocycles. The predicted molar refractivity (Wildman–Crippen MR) is 96.4 cm³/mol. The number of aryl methyl sites for hydroxylation is 1. The third-order valence-electron chi connectivity index (χ3n) is 3.98. The van der Waals surface area contributed by atoms with E-state index in [4.69, 9.17) is 0 Å². The molecule has 3 aromatic rings. The third kappa shape index (κ3) is 3.62. The van der Waals surface area contributed by atoms with Crippen LogP contribution in [0.15, 0.2) is 48.5 Å². The zero-order valence-electron chi connectivity index (χ0n) is 14.0. The van der Waals surface area contributed by atoms with Crippen molar-refractivity contribution in [1.29, 1.82) is 0 Å². The number of hydrogen-bond acceptors (Lipinski definition) is 3. The molecule has 1 N–H and O–H groups in total. The SMILES string of the molecule is Cc1cccc(NC(=O)c2sc(-c3ccccc3)nc2C(F)(F)F)c1C. The maximum Gasteiger partial charge on any atom is 0.435 e. The summed E-state index contributed by atoms with van der Waals surface area (Å²) >= 11 is 0.734. The van der Waals surface area contributed by atoms with Crippen molar-refractivity contribution >= 4 is 22.9 Å². The van der Waals surface area contributed by atoms with Crippen molar-refractivity contribution in [2.45, 2.75) is 20.0 Å². The highest BCUT2D eigenvalue weighted by molar-refractivity contribution is 7.17. The van der Waals surface area contributed by atoms with Gasteiger partial charge in [0.25, 0.3) is 5.91 Å². The highest BCUT2D eigenvalue weighted by Crippen LogP contribution is 2.38. The van der Waals surface area contributed by atoms with Crippen LogP contribution in [0.4, 0.5) is 18.9 Å². The van der Waals surface area contributed by atoms with Gasteiger partial charge in [-0.25, -0.2) is 4.98 Å². The molecule has 0 saturated heterocycles. The molecule has 0 aliphatic carbocycles. The minimum Gasteiger partial charge on any atom is -0.321 e. The third-order valence-corrected chi connectivity index (χ3v) is 5.08. The lowest BCUT2D eigenvalue weighted by atomic mass is 10.1. The van der Waals surface area contributed by atoms with Crippen LogP contribution in [0.1, 0.15) is 26.5 Å². The van der Waals surface area contributed by atoms with Gasteiger partial charge < -0.3 is 5.32 Å². The average Bonchev–Trinajstić information content (AvgIpc) is 3.06. The van der Waals surface area contributed by atoms with Crippen LogP contribution in [-0.4, -0.2) is 10.9 Å². The zero-order chi connectivity index (χ0) is 18.9. The lowest BCUT2D eigenvalue weighted by molar-refractivity contribution is -0.140. The summed E-state index contributed by atoms with van der Waals surface area (Å²) in [5.41, 5.74) is 1.60. The number of aromatic nitrogens is 1. The van der Waals surface area contributed by atoms with Gasteiger partial charge in [0.2, 0.25) is 0 Å². The van der Waals surface area contributed by atoms with Gasteiger partial charge >= 0.3 is 6.18 Å². The first-order valence-electron chi connectivity index (χ1n) is 7.78. The van der Waals surface area contributed by atoms with Gasteiger partial charge in [0.15, 0.2) is 5.69 Å². The zero-order valence-corrected chi connectivity index (χ0v) is 14.8. The minimum absolute atomic E-state index is 0.157. The molecule has 0 atom stereocenters. The molecular weight excluding hydrogens is 361 g/mol. The molecule has 2 aromatic carbocycles. The number of hydrogen-bond donors (Lipinski definition) is 1. The van der Waals surface area contributed by atoms with E-state index in [0.717, 1.165) is 22.5 Å². The first-order chi connectivity index (χ1) is 12.3. The molecule has 0 bridgehead atoms. The van der Waals surface area contributed by atoms with Crippen molar-refractivity contribution in [3.05, 3.63) is 70.2 Å². The number of rotatable bonds is 3. The molecule has 0 radical (unpaired) electrons. The fraction of sp³-hybridized carbons (Fsp3) is 0.158. The van der Waals surface area contributed by atoms with Crippen LogP contribution in [0.2, 0.25) is 0 Å². The smallest absolute Gasteiger partial charge is 0.321 e. The number of halogens is 3. The molecule has 0 unspecified atom stereocenters. The highest BCUT2D eigenvalue weighted by Gasteiger charge is 2.39. The monoisotopic (exact) mass is 376 g/mol. The Morgan fingerprint density at radius 1 is 1.04 bits per heavy atom. The standard InChI is InChI=1S/C19H15F3N2OS/c1-11-7-6-10-14(12(11)2)23-17(25)15-16(19(20,21)22)24-18(26-15)13-8-4-3-5-9-13/h3-10H,1-2H3,(H,23,25). The number of anilines is 1. The molecule has 0 aliphatic heterocycles. The van der Waals surface area contributed by atoms with E-state index in [0.29, 0.717) is 11.3 Å². The second-order valence-corrected chi connectivity index (χ2v) is 6.76. The van der Waals surface area contributed by atoms with Crippen LogP contribution in [0.5, 0.6) is 0 Å². The van der Waals surface area contributed by atoms with Crippen molar-refractivity contribution in [3.63, 3.8) is 0 Å². The summed E-state index contributed by atoms with van der Waals surface area (Å²) in [6, 6.07) is 13.8. The number of nitrogens with zero attached hydrogens (tertiary/aromatic N) is 1. The Labute approximate surface area is 152 Å². The molecule has 0 saturated carbocycles. The Morgan fingerprint density at radius 2 is 1.73 bits per heavy atom. The molecule has 0 aliphatic rings. The van der Waals surface area contributed by atoms with Gasteiger partial charge in [-0.2, -0.15) is 13.2 Å². The van der Waals surface area contributed by atoms with Gasteiger partial charge in [-0.05, 0) is 31.0 Å². The maximum atomic E-state index is 13.4. The Balaban J connectivity index is 2.01. The molecule has 3 nitrogen and oxygen atoms in total. The average molecular weight is 376 g/mol. The summed E-state index contributed by atoms with van der Waals surface area (Å²) in [5, 5.41) is 2.73. The Hall–Kier alpha value is -2.67. The summed E-state index contributed by atoms with van der Waals surface area (Å²) in [6.07, 6.45) is -4.71. The largest absolute Gasteiger partial charge is 0.435 e. The second kappa shape index (κ2) is 6.92. The number of nitrogens with one attached hydrogen (secondary N) is 1. The predicted octanol–water partition coefficient (Wildman–Crippen LogP) is 5.70. The normalized spacial score (nSPS) is 11.4. The number of carbonyl (C=O) groups excluding carboxylic acids is 1. The quantitative estimate of drug-likeness (QED) is 0.637. The maximum absolute atomic E-state index is 13.4. The first kappa shape index (κ1) is 18.1. The lowest BCUT2D eigenvalue weighted by Gasteiger charge is -2.11. The van der Waals surface area contributed by atoms with E-state index in [-0.39, 0.29) is 5.01 Å². The van der Waals surface area contributed by atoms with Crippen molar-refractivity contribution in [2.75, 3.05) is 5.32 Å². The molecule has 26 heavy (non-hydrogen) atoms. The topological polar surface area (TPSA) is 42.0 Å². The molecule has 0 fully saturated rings. The Kier molecular flexibility index (Phi) is 4.82. The molecule has 1 aromatic heterocycles. The van der Waals surface area contributed by atoms with Gasteiger partial charge in [0, 0.05) is 11.3 Å². The minimum atomic E-state index is -4.71. The van der Waals surface area contributed by atoms with E-state index in [1.165, 1.54) is 0 Å². The lowest BCUT2D eigenvalue weighted by Crippen LogP contribution is -2.17. The summed E-state index contributed by atoms with van der Waals surface area (Å²) in [5.74, 6) is -0.814. The summed E-state index contributed by atoms with van der Waals surface area (Å²) < 4.78 is 40.2. The van der Waals surface area contributed by atoms with Crippen molar-refractivity contribution in [1.82, 2.24) is 4.98 Å². The number of amides is 1. The van der Waals surface area contributed by atoms with Crippen LogP contribution in [0.25, 0.3) is 10.6 Å². The van der Waals surface area contributed by atoms with Gasteiger partial charge in [-0.15, -0.1) is 11.3 Å². The molecule has 0 spiro atoms. The van der Waals surface area contributed by atoms with Crippen LogP contribution >= 0.6 is 11.3 Å². The summed E-state index contributed by atoms with van der Waals surface area (Å²) in [7, 11) is 0. The summed E-state index contributed by atoms with van der Waals surface area (Å²) in [4.78, 5) is 15.8. The fourth-order valence-corrected chi connectivity index (χ4v) is 3.42. The number of thiazole rings is 1. The van der Waals surface area contributed by atoms with Gasteiger partial charge in [0.05, 0.1) is 0 Å². The Bertz CT molecular complexity index is 949. The molecule has 3 rings (SSSR count). The van der Waals surface area contributed by atoms with E-state index in [1.54, 1.807) is 49.4 Å². The number of benzene rings is 2. The van der Waals surface area contributed by atoms with E-state index >= 15 is 0 Å². The molecule has 1 amide bonds. The number of alkyl halides is 3. The van der Waals surface area contributed by atoms with E-state index in [1.807, 2.05) is 13.0 Å². The van der Waals surface area contributed by atoms with E-state index < -0.39 is 22.7 Å². The molecule has 7 heteroatoms. The Morgan fingerprint density at radius 3 is 2.38 bits per heavy atom. The van der Waals surface area contributed by atoms with Crippen LogP contribution < -0.4 is 5.32 Å². The van der Waals surface area contributed by atoms with Crippen LogP contribution in [0.3, 0.4) is 0 Å². The van der Waals surface area contributed by atoms with Crippen molar-refractivity contribution in [3.8, 4) is 10.6 Å². The second-order valence-electron chi connectivity index (χ2n) is 5.76. The van der Waals surface area contributed by atoms with E-state index in [2.05, 4.69) is 10.3 Å². The number of carbonyl (C=O) groups is 1. The van der Waals surface area contributed by atoms with Crippen molar-refractivity contribution in [2.24, 2.45) is 0 Å². The highest BCUT2D eigenvalue weighted by atomic mass is 32.1. The van der Waals surface area contributed by atoms with Crippen LogP contribution in [0, 0.1) is 13.8 Å².